The molecule has 0 aliphatic rings. The smallest absolute Gasteiger partial charge is 0.313 e. The molecule has 20 heavy (non-hydrogen) atoms. The summed E-state index contributed by atoms with van der Waals surface area (Å²) in [5.41, 5.74) is 0. The number of hydrogen-bond donors (Lipinski definition) is 1. The summed E-state index contributed by atoms with van der Waals surface area (Å²) >= 11 is 1.05. The van der Waals surface area contributed by atoms with Gasteiger partial charge in [-0.2, -0.15) is 0 Å². The van der Waals surface area contributed by atoms with E-state index in [-0.39, 0.29) is 29.8 Å². The molecule has 0 unspecified atom stereocenters. The normalized spacial score (nSPS) is 10.1. The zero-order chi connectivity index (χ0) is 15.0. The van der Waals surface area contributed by atoms with Gasteiger partial charge in [-0.25, -0.2) is 4.39 Å². The summed E-state index contributed by atoms with van der Waals surface area (Å²) in [6.45, 7) is 0.596. The molecule has 0 aliphatic carbocycles. The van der Waals surface area contributed by atoms with E-state index in [0.29, 0.717) is 12.3 Å². The highest BCUT2D eigenvalue weighted by Crippen LogP contribution is 2.11. The quantitative estimate of drug-likeness (QED) is 0.788. The first kappa shape index (κ1) is 16.3. The molecule has 0 saturated carbocycles. The van der Waals surface area contributed by atoms with Crippen molar-refractivity contribution in [3.63, 3.8) is 0 Å². The maximum absolute atomic E-state index is 12.9. The second-order valence-electron chi connectivity index (χ2n) is 4.01. The van der Waals surface area contributed by atoms with Crippen LogP contribution in [0.4, 0.5) is 4.39 Å². The second kappa shape index (κ2) is 8.42. The lowest BCUT2D eigenvalue weighted by atomic mass is 10.3. The van der Waals surface area contributed by atoms with Gasteiger partial charge in [-0.05, 0) is 12.1 Å². The molecule has 1 rings (SSSR count). The molecular formula is C13H16FNO4S. The minimum atomic E-state index is -0.945. The molecule has 0 fully saturated rings. The Bertz CT molecular complexity index is 469. The number of carboxylic acids is 1. The molecule has 1 aromatic rings. The predicted molar refractivity (Wildman–Crippen MR) is 74.5 cm³/mol. The number of nitrogens with zero attached hydrogens (tertiary/aromatic N) is 1. The van der Waals surface area contributed by atoms with Gasteiger partial charge in [0.25, 0.3) is 0 Å². The number of hydrogen-bond acceptors (Lipinski definition) is 4. The highest BCUT2D eigenvalue weighted by molar-refractivity contribution is 8.00. The summed E-state index contributed by atoms with van der Waals surface area (Å²) in [6, 6.07) is 5.77. The van der Waals surface area contributed by atoms with E-state index in [1.807, 2.05) is 0 Å². The summed E-state index contributed by atoms with van der Waals surface area (Å²) in [4.78, 5) is 23.4. The number of aliphatic carboxylic acids is 1. The van der Waals surface area contributed by atoms with Gasteiger partial charge in [0, 0.05) is 13.1 Å². The molecule has 1 amide bonds. The van der Waals surface area contributed by atoms with Crippen LogP contribution in [0.5, 0.6) is 5.75 Å². The zero-order valence-electron chi connectivity index (χ0n) is 11.0. The Morgan fingerprint density at radius 3 is 2.80 bits per heavy atom. The van der Waals surface area contributed by atoms with Crippen LogP contribution in [-0.2, 0) is 9.59 Å². The molecule has 0 saturated heterocycles. The van der Waals surface area contributed by atoms with E-state index >= 15 is 0 Å². The van der Waals surface area contributed by atoms with E-state index in [2.05, 4.69) is 0 Å². The third-order valence-electron chi connectivity index (χ3n) is 2.37. The highest BCUT2D eigenvalue weighted by Gasteiger charge is 2.09. The van der Waals surface area contributed by atoms with Crippen LogP contribution >= 0.6 is 11.8 Å². The van der Waals surface area contributed by atoms with Gasteiger partial charge in [0.15, 0.2) is 0 Å². The summed E-state index contributed by atoms with van der Waals surface area (Å²) in [7, 11) is 1.61. The molecule has 0 aliphatic heterocycles. The molecule has 0 atom stereocenters. The molecule has 0 radical (unpaired) electrons. The Kier molecular flexibility index (Phi) is 6.86. The van der Waals surface area contributed by atoms with Crippen LogP contribution in [0, 0.1) is 5.82 Å². The number of ether oxygens (including phenoxy) is 1. The third-order valence-corrected chi connectivity index (χ3v) is 3.27. The number of thioether (sulfide) groups is 1. The zero-order valence-corrected chi connectivity index (χ0v) is 11.9. The summed E-state index contributed by atoms with van der Waals surface area (Å²) in [5, 5.41) is 8.46. The minimum absolute atomic E-state index is 0.0978. The molecule has 0 bridgehead atoms. The average Bonchev–Trinajstić information content (AvgIpc) is 2.38. The maximum atomic E-state index is 12.9. The van der Waals surface area contributed by atoms with Crippen molar-refractivity contribution in [1.29, 1.82) is 0 Å². The van der Waals surface area contributed by atoms with E-state index in [4.69, 9.17) is 9.84 Å². The van der Waals surface area contributed by atoms with E-state index in [1.165, 1.54) is 17.0 Å². The molecular weight excluding hydrogens is 285 g/mol. The van der Waals surface area contributed by atoms with Crippen LogP contribution in [0.2, 0.25) is 0 Å². The summed E-state index contributed by atoms with van der Waals surface area (Å²) in [5.74, 6) is -1.07. The van der Waals surface area contributed by atoms with Gasteiger partial charge in [-0.15, -0.1) is 11.8 Å². The average molecular weight is 301 g/mol. The molecule has 0 aromatic heterocycles. The lowest BCUT2D eigenvalue weighted by Crippen LogP contribution is -2.32. The van der Waals surface area contributed by atoms with E-state index in [1.54, 1.807) is 19.2 Å². The Labute approximate surface area is 120 Å². The third kappa shape index (κ3) is 6.42. The van der Waals surface area contributed by atoms with E-state index in [9.17, 15) is 14.0 Å². The summed E-state index contributed by atoms with van der Waals surface area (Å²) < 4.78 is 18.2. The lowest BCUT2D eigenvalue weighted by Gasteiger charge is -2.17. The number of carbonyl (C=O) groups is 2. The molecule has 0 heterocycles. The minimum Gasteiger partial charge on any atom is -0.492 e. The molecule has 1 N–H and O–H groups in total. The molecule has 1 aromatic carbocycles. The first-order valence-electron chi connectivity index (χ1n) is 5.91. The van der Waals surface area contributed by atoms with Gasteiger partial charge in [0.1, 0.15) is 18.2 Å². The van der Waals surface area contributed by atoms with Crippen molar-refractivity contribution in [2.24, 2.45) is 0 Å². The number of carbonyl (C=O) groups excluding carboxylic acids is 1. The molecule has 110 valence electrons. The number of rotatable bonds is 8. The monoisotopic (exact) mass is 301 g/mol. The number of halogens is 1. The van der Waals surface area contributed by atoms with Crippen molar-refractivity contribution in [3.05, 3.63) is 30.1 Å². The molecule has 5 nitrogen and oxygen atoms in total. The van der Waals surface area contributed by atoms with Crippen molar-refractivity contribution in [1.82, 2.24) is 4.90 Å². The van der Waals surface area contributed by atoms with Crippen molar-refractivity contribution in [3.8, 4) is 5.75 Å². The van der Waals surface area contributed by atoms with Crippen LogP contribution in [0.15, 0.2) is 24.3 Å². The van der Waals surface area contributed by atoms with Crippen molar-refractivity contribution in [2.75, 3.05) is 31.7 Å². The standard InChI is InChI=1S/C13H16FNO4S/c1-15(12(16)8-20-9-13(17)18)5-6-19-11-4-2-3-10(14)7-11/h2-4,7H,5-6,8-9H2,1H3,(H,17,18). The maximum Gasteiger partial charge on any atom is 0.313 e. The highest BCUT2D eigenvalue weighted by atomic mass is 32.2. The van der Waals surface area contributed by atoms with Crippen molar-refractivity contribution < 1.29 is 23.8 Å². The summed E-state index contributed by atoms with van der Waals surface area (Å²) in [6.07, 6.45) is 0. The van der Waals surface area contributed by atoms with Gasteiger partial charge in [0.2, 0.25) is 5.91 Å². The van der Waals surface area contributed by atoms with Crippen LogP contribution < -0.4 is 4.74 Å². The van der Waals surface area contributed by atoms with Crippen molar-refractivity contribution >= 4 is 23.6 Å². The number of amides is 1. The number of likely N-dealkylation sites (N-methyl/N-ethyl adjacent to an activating group) is 1. The van der Waals surface area contributed by atoms with Crippen LogP contribution in [-0.4, -0.2) is 53.6 Å². The van der Waals surface area contributed by atoms with E-state index < -0.39 is 5.97 Å². The molecule has 7 heteroatoms. The van der Waals surface area contributed by atoms with Gasteiger partial charge >= 0.3 is 5.97 Å². The van der Waals surface area contributed by atoms with Gasteiger partial charge < -0.3 is 14.7 Å². The largest absolute Gasteiger partial charge is 0.492 e. The van der Waals surface area contributed by atoms with Gasteiger partial charge in [-0.1, -0.05) is 6.07 Å². The number of benzene rings is 1. The van der Waals surface area contributed by atoms with Gasteiger partial charge in [0.05, 0.1) is 18.1 Å². The van der Waals surface area contributed by atoms with Crippen LogP contribution in [0.3, 0.4) is 0 Å². The fourth-order valence-corrected chi connectivity index (χ4v) is 1.99. The fraction of sp³-hybridized carbons (Fsp3) is 0.385. The first-order valence-corrected chi connectivity index (χ1v) is 7.06. The Hall–Kier alpha value is -1.76. The van der Waals surface area contributed by atoms with Crippen molar-refractivity contribution in [2.45, 2.75) is 0 Å². The molecule has 0 spiro atoms. The van der Waals surface area contributed by atoms with Crippen LogP contribution in [0.25, 0.3) is 0 Å². The Balaban J connectivity index is 2.23. The first-order chi connectivity index (χ1) is 9.49. The fourth-order valence-electron chi connectivity index (χ4n) is 1.32. The topological polar surface area (TPSA) is 66.8 Å². The van der Waals surface area contributed by atoms with Gasteiger partial charge in [-0.3, -0.25) is 9.59 Å². The number of carboxylic acid groups (broad SMARTS) is 1. The second-order valence-corrected chi connectivity index (χ2v) is 4.99. The Morgan fingerprint density at radius 2 is 2.15 bits per heavy atom. The van der Waals surface area contributed by atoms with E-state index in [0.717, 1.165) is 11.8 Å². The Morgan fingerprint density at radius 1 is 1.40 bits per heavy atom. The SMILES string of the molecule is CN(CCOc1cccc(F)c1)C(=O)CSCC(=O)O. The van der Waals surface area contributed by atoms with Crippen LogP contribution in [0.1, 0.15) is 0 Å². The lowest BCUT2D eigenvalue weighted by molar-refractivity contribution is -0.133. The predicted octanol–water partition coefficient (Wildman–Crippen LogP) is 1.48.